The van der Waals surface area contributed by atoms with E-state index in [9.17, 15) is 0 Å². The molecule has 0 bridgehead atoms. The topological polar surface area (TPSA) is 29.5 Å². The van der Waals surface area contributed by atoms with Crippen molar-refractivity contribution in [3.8, 4) is 0 Å². The van der Waals surface area contributed by atoms with Gasteiger partial charge in [0.25, 0.3) is 0 Å². The Morgan fingerprint density at radius 2 is 2.43 bits per heavy atom. The number of hydrogen-bond acceptors (Lipinski definition) is 2. The summed E-state index contributed by atoms with van der Waals surface area (Å²) in [6.07, 6.45) is 1.51. The molecule has 0 aliphatic heterocycles. The highest BCUT2D eigenvalue weighted by atomic mass is 16.5. The van der Waals surface area contributed by atoms with E-state index in [1.165, 1.54) is 6.26 Å². The lowest BCUT2D eigenvalue weighted by Crippen LogP contribution is -1.83. The maximum Gasteiger partial charge on any atom is 0.0836 e. The lowest BCUT2D eigenvalue weighted by atomic mass is 10.4. The van der Waals surface area contributed by atoms with Gasteiger partial charge < -0.3 is 9.84 Å². The Balaban J connectivity index is 3.29. The van der Waals surface area contributed by atoms with Crippen LogP contribution in [0.25, 0.3) is 0 Å². The summed E-state index contributed by atoms with van der Waals surface area (Å²) in [5, 5.41) is 8.32. The molecule has 42 valence electrons. The maximum absolute atomic E-state index is 8.32. The Morgan fingerprint density at radius 3 is 2.57 bits per heavy atom. The molecule has 7 heavy (non-hydrogen) atoms. The molecule has 0 aliphatic carbocycles. The molecule has 0 saturated heterocycles. The molecule has 1 N–H and O–H groups in total. The van der Waals surface area contributed by atoms with Gasteiger partial charge in [-0.2, -0.15) is 0 Å². The van der Waals surface area contributed by atoms with Crippen LogP contribution in [-0.2, 0) is 4.74 Å². The summed E-state index contributed by atoms with van der Waals surface area (Å²) in [7, 11) is 1.55. The minimum absolute atomic E-state index is 0.0772. The second-order valence-corrected chi connectivity index (χ2v) is 1.36. The second kappa shape index (κ2) is 3.68. The van der Waals surface area contributed by atoms with E-state index in [2.05, 4.69) is 4.74 Å². The average Bonchev–Trinajstić information content (AvgIpc) is 1.68. The average molecular weight is 102 g/mol. The molecule has 0 aromatic carbocycles. The highest BCUT2D eigenvalue weighted by Crippen LogP contribution is 1.86. The van der Waals surface area contributed by atoms with E-state index in [0.29, 0.717) is 0 Å². The van der Waals surface area contributed by atoms with Crippen LogP contribution in [0.3, 0.4) is 0 Å². The Bertz CT molecular complexity index is 66.5. The van der Waals surface area contributed by atoms with Crippen LogP contribution in [0.15, 0.2) is 11.8 Å². The molecule has 0 rings (SSSR count). The lowest BCUT2D eigenvalue weighted by Gasteiger charge is -1.90. The van der Waals surface area contributed by atoms with Crippen molar-refractivity contribution < 1.29 is 9.84 Å². The van der Waals surface area contributed by atoms with Crippen LogP contribution in [0, 0.1) is 0 Å². The van der Waals surface area contributed by atoms with Crippen LogP contribution in [0.5, 0.6) is 0 Å². The van der Waals surface area contributed by atoms with Crippen molar-refractivity contribution in [1.29, 1.82) is 0 Å². The van der Waals surface area contributed by atoms with Gasteiger partial charge >= 0.3 is 0 Å². The van der Waals surface area contributed by atoms with Crippen molar-refractivity contribution in [2.24, 2.45) is 0 Å². The minimum atomic E-state index is 0.0772. The summed E-state index contributed by atoms with van der Waals surface area (Å²) in [6, 6.07) is 0. The summed E-state index contributed by atoms with van der Waals surface area (Å²) in [4.78, 5) is 0. The SMILES string of the molecule is COC=C(C)CO. The van der Waals surface area contributed by atoms with E-state index < -0.39 is 0 Å². The largest absolute Gasteiger partial charge is 0.504 e. The zero-order valence-electron chi connectivity index (χ0n) is 4.64. The Kier molecular flexibility index (Phi) is 3.42. The second-order valence-electron chi connectivity index (χ2n) is 1.36. The van der Waals surface area contributed by atoms with E-state index in [4.69, 9.17) is 5.11 Å². The molecule has 0 aromatic rings. The number of aliphatic hydroxyl groups is 1. The highest BCUT2D eigenvalue weighted by Gasteiger charge is 1.79. The summed E-state index contributed by atoms with van der Waals surface area (Å²) >= 11 is 0. The first-order valence-corrected chi connectivity index (χ1v) is 2.10. The van der Waals surface area contributed by atoms with Gasteiger partial charge in [-0.05, 0) is 12.5 Å². The van der Waals surface area contributed by atoms with Gasteiger partial charge in [-0.1, -0.05) is 0 Å². The third-order valence-corrected chi connectivity index (χ3v) is 0.568. The van der Waals surface area contributed by atoms with Gasteiger partial charge in [-0.15, -0.1) is 0 Å². The molecular formula is C5H10O2. The van der Waals surface area contributed by atoms with Crippen LogP contribution in [0.2, 0.25) is 0 Å². The number of aliphatic hydroxyl groups excluding tert-OH is 1. The number of methoxy groups -OCH3 is 1. The Morgan fingerprint density at radius 1 is 1.86 bits per heavy atom. The molecule has 2 heteroatoms. The monoisotopic (exact) mass is 102 g/mol. The first kappa shape index (κ1) is 6.50. The molecule has 0 fully saturated rings. The first-order valence-electron chi connectivity index (χ1n) is 2.10. The van der Waals surface area contributed by atoms with E-state index in [0.717, 1.165) is 5.57 Å². The minimum Gasteiger partial charge on any atom is -0.504 e. The van der Waals surface area contributed by atoms with Gasteiger partial charge in [-0.25, -0.2) is 0 Å². The molecule has 0 atom stereocenters. The predicted molar refractivity (Wildman–Crippen MR) is 27.9 cm³/mol. The summed E-state index contributed by atoms with van der Waals surface area (Å²) in [5.74, 6) is 0. The molecule has 0 spiro atoms. The number of rotatable bonds is 2. The molecule has 0 aliphatic rings. The molecule has 0 unspecified atom stereocenters. The maximum atomic E-state index is 8.32. The fourth-order valence-corrected chi connectivity index (χ4v) is 0.238. The molecule has 0 heterocycles. The summed E-state index contributed by atoms with van der Waals surface area (Å²) in [6.45, 7) is 1.87. The summed E-state index contributed by atoms with van der Waals surface area (Å²) < 4.78 is 4.57. The number of ether oxygens (including phenoxy) is 1. The lowest BCUT2D eigenvalue weighted by molar-refractivity contribution is 0.301. The Labute approximate surface area is 43.4 Å². The van der Waals surface area contributed by atoms with Gasteiger partial charge in [0.2, 0.25) is 0 Å². The normalized spacial score (nSPS) is 11.6. The van der Waals surface area contributed by atoms with Crippen molar-refractivity contribution in [2.45, 2.75) is 6.92 Å². The van der Waals surface area contributed by atoms with E-state index in [-0.39, 0.29) is 6.61 Å². The zero-order valence-corrected chi connectivity index (χ0v) is 4.64. The van der Waals surface area contributed by atoms with Crippen molar-refractivity contribution in [2.75, 3.05) is 13.7 Å². The standard InChI is InChI=1S/C5H10O2/c1-5(3-6)4-7-2/h4,6H,3H2,1-2H3. The molecule has 0 radical (unpaired) electrons. The van der Waals surface area contributed by atoms with E-state index in [1.54, 1.807) is 14.0 Å². The summed E-state index contributed by atoms with van der Waals surface area (Å²) in [5.41, 5.74) is 0.836. The van der Waals surface area contributed by atoms with Crippen LogP contribution < -0.4 is 0 Å². The van der Waals surface area contributed by atoms with Crippen molar-refractivity contribution in [3.05, 3.63) is 11.8 Å². The van der Waals surface area contributed by atoms with Gasteiger partial charge in [0.15, 0.2) is 0 Å². The fourth-order valence-electron chi connectivity index (χ4n) is 0.238. The molecule has 0 saturated carbocycles. The molecular weight excluding hydrogens is 92.1 g/mol. The van der Waals surface area contributed by atoms with Crippen LogP contribution >= 0.6 is 0 Å². The quantitative estimate of drug-likeness (QED) is 0.515. The molecule has 2 nitrogen and oxygen atoms in total. The van der Waals surface area contributed by atoms with Crippen LogP contribution in [0.1, 0.15) is 6.92 Å². The van der Waals surface area contributed by atoms with Crippen molar-refractivity contribution >= 4 is 0 Å². The van der Waals surface area contributed by atoms with Crippen LogP contribution in [0.4, 0.5) is 0 Å². The Hall–Kier alpha value is -0.500. The smallest absolute Gasteiger partial charge is 0.0836 e. The zero-order chi connectivity index (χ0) is 5.70. The van der Waals surface area contributed by atoms with Crippen molar-refractivity contribution in [3.63, 3.8) is 0 Å². The number of hydrogen-bond donors (Lipinski definition) is 1. The van der Waals surface area contributed by atoms with Gasteiger partial charge in [0.05, 0.1) is 20.0 Å². The third-order valence-electron chi connectivity index (χ3n) is 0.568. The third kappa shape index (κ3) is 3.33. The van der Waals surface area contributed by atoms with Gasteiger partial charge in [0, 0.05) is 0 Å². The van der Waals surface area contributed by atoms with Crippen LogP contribution in [-0.4, -0.2) is 18.8 Å². The first-order chi connectivity index (χ1) is 3.31. The van der Waals surface area contributed by atoms with Gasteiger partial charge in [-0.3, -0.25) is 0 Å². The predicted octanol–water partition coefficient (Wildman–Crippen LogP) is 0.529. The van der Waals surface area contributed by atoms with E-state index in [1.807, 2.05) is 0 Å². The van der Waals surface area contributed by atoms with Crippen molar-refractivity contribution in [1.82, 2.24) is 0 Å². The van der Waals surface area contributed by atoms with E-state index >= 15 is 0 Å². The molecule has 0 aromatic heterocycles. The molecule has 0 amide bonds. The fraction of sp³-hybridized carbons (Fsp3) is 0.600. The van der Waals surface area contributed by atoms with Gasteiger partial charge in [0.1, 0.15) is 0 Å². The highest BCUT2D eigenvalue weighted by molar-refractivity contribution is 4.91.